The molecule has 0 aliphatic carbocycles. The summed E-state index contributed by atoms with van der Waals surface area (Å²) in [6.07, 6.45) is -0.00229. The van der Waals surface area contributed by atoms with Crippen molar-refractivity contribution in [2.75, 3.05) is 11.4 Å². The molecular weight excluding hydrogens is 357 g/mol. The number of hydrogen-bond acceptors (Lipinski definition) is 3. The SMILES string of the molecule is Cc1nc(-c2ccccc2)ccc1C(=O)N(CCC(N)=O)c1ccc(F)cc1. The van der Waals surface area contributed by atoms with Crippen LogP contribution >= 0.6 is 0 Å². The van der Waals surface area contributed by atoms with E-state index in [1.807, 2.05) is 30.3 Å². The summed E-state index contributed by atoms with van der Waals surface area (Å²) in [5.74, 6) is -1.25. The molecule has 0 aliphatic heterocycles. The van der Waals surface area contributed by atoms with Crippen molar-refractivity contribution in [1.29, 1.82) is 0 Å². The number of hydrogen-bond donors (Lipinski definition) is 1. The minimum atomic E-state index is -0.519. The Labute approximate surface area is 162 Å². The molecule has 0 fully saturated rings. The molecule has 0 unspecified atom stereocenters. The van der Waals surface area contributed by atoms with Crippen molar-refractivity contribution in [2.24, 2.45) is 5.73 Å². The number of primary amides is 1. The molecule has 6 heteroatoms. The first kappa shape index (κ1) is 19.2. The van der Waals surface area contributed by atoms with Crippen LogP contribution in [0.25, 0.3) is 11.3 Å². The van der Waals surface area contributed by atoms with Crippen LogP contribution in [-0.2, 0) is 4.79 Å². The minimum absolute atomic E-state index is 0.00229. The smallest absolute Gasteiger partial charge is 0.260 e. The monoisotopic (exact) mass is 377 g/mol. The fourth-order valence-corrected chi connectivity index (χ4v) is 2.89. The third-order valence-corrected chi connectivity index (χ3v) is 4.35. The molecule has 0 saturated carbocycles. The standard InChI is InChI=1S/C22H20FN3O2/c1-15-19(11-12-20(25-15)16-5-3-2-4-6-16)22(28)26(14-13-21(24)27)18-9-7-17(23)8-10-18/h2-12H,13-14H2,1H3,(H2,24,27). The number of carbonyl (C=O) groups excluding carboxylic acids is 2. The van der Waals surface area contributed by atoms with Gasteiger partial charge in [0.1, 0.15) is 5.82 Å². The number of anilines is 1. The zero-order chi connectivity index (χ0) is 20.1. The number of rotatable bonds is 6. The highest BCUT2D eigenvalue weighted by molar-refractivity contribution is 6.07. The van der Waals surface area contributed by atoms with Crippen molar-refractivity contribution in [3.8, 4) is 11.3 Å². The van der Waals surface area contributed by atoms with Gasteiger partial charge in [-0.1, -0.05) is 30.3 Å². The second-order valence-electron chi connectivity index (χ2n) is 6.35. The number of amides is 2. The number of aromatic nitrogens is 1. The Kier molecular flexibility index (Phi) is 5.79. The lowest BCUT2D eigenvalue weighted by atomic mass is 10.1. The van der Waals surface area contributed by atoms with E-state index < -0.39 is 11.7 Å². The lowest BCUT2D eigenvalue weighted by Crippen LogP contribution is -2.34. The molecule has 1 heterocycles. The van der Waals surface area contributed by atoms with Gasteiger partial charge in [0.25, 0.3) is 5.91 Å². The van der Waals surface area contributed by atoms with Crippen LogP contribution in [0.4, 0.5) is 10.1 Å². The van der Waals surface area contributed by atoms with Gasteiger partial charge in [0.15, 0.2) is 0 Å². The maximum atomic E-state index is 13.3. The van der Waals surface area contributed by atoms with E-state index in [2.05, 4.69) is 4.98 Å². The van der Waals surface area contributed by atoms with Crippen LogP contribution in [0.3, 0.4) is 0 Å². The zero-order valence-electron chi connectivity index (χ0n) is 15.4. The highest BCUT2D eigenvalue weighted by Crippen LogP contribution is 2.22. The fraction of sp³-hybridized carbons (Fsp3) is 0.136. The molecular formula is C22H20FN3O2. The van der Waals surface area contributed by atoms with E-state index in [0.717, 1.165) is 11.3 Å². The lowest BCUT2D eigenvalue weighted by Gasteiger charge is -2.23. The summed E-state index contributed by atoms with van der Waals surface area (Å²) in [5, 5.41) is 0. The van der Waals surface area contributed by atoms with Gasteiger partial charge in [-0.15, -0.1) is 0 Å². The molecule has 2 amide bonds. The summed E-state index contributed by atoms with van der Waals surface area (Å²) in [6, 6.07) is 18.7. The van der Waals surface area contributed by atoms with Gasteiger partial charge in [-0.3, -0.25) is 14.6 Å². The van der Waals surface area contributed by atoms with Crippen LogP contribution in [0.15, 0.2) is 66.7 Å². The highest BCUT2D eigenvalue weighted by atomic mass is 19.1. The van der Waals surface area contributed by atoms with Crippen LogP contribution in [0.2, 0.25) is 0 Å². The third kappa shape index (κ3) is 4.40. The van der Waals surface area contributed by atoms with Crippen molar-refractivity contribution in [3.63, 3.8) is 0 Å². The summed E-state index contributed by atoms with van der Waals surface area (Å²) >= 11 is 0. The fourth-order valence-electron chi connectivity index (χ4n) is 2.89. The van der Waals surface area contributed by atoms with E-state index in [0.29, 0.717) is 16.9 Å². The molecule has 5 nitrogen and oxygen atoms in total. The minimum Gasteiger partial charge on any atom is -0.370 e. The van der Waals surface area contributed by atoms with E-state index in [1.165, 1.54) is 29.2 Å². The molecule has 3 rings (SSSR count). The zero-order valence-corrected chi connectivity index (χ0v) is 15.4. The Balaban J connectivity index is 1.93. The Morgan fingerprint density at radius 1 is 1.00 bits per heavy atom. The first-order chi connectivity index (χ1) is 13.5. The van der Waals surface area contributed by atoms with Crippen LogP contribution in [0, 0.1) is 12.7 Å². The number of carbonyl (C=O) groups is 2. The molecule has 0 saturated heterocycles. The lowest BCUT2D eigenvalue weighted by molar-refractivity contribution is -0.117. The van der Waals surface area contributed by atoms with Crippen LogP contribution < -0.4 is 10.6 Å². The predicted molar refractivity (Wildman–Crippen MR) is 106 cm³/mol. The van der Waals surface area contributed by atoms with E-state index in [4.69, 9.17) is 5.73 Å². The number of benzene rings is 2. The second kappa shape index (κ2) is 8.43. The maximum absolute atomic E-state index is 13.3. The largest absolute Gasteiger partial charge is 0.370 e. The topological polar surface area (TPSA) is 76.3 Å². The van der Waals surface area contributed by atoms with Crippen LogP contribution in [0.5, 0.6) is 0 Å². The first-order valence-corrected chi connectivity index (χ1v) is 8.84. The molecule has 2 N–H and O–H groups in total. The summed E-state index contributed by atoms with van der Waals surface area (Å²) in [5.41, 5.74) is 8.43. The van der Waals surface area contributed by atoms with Gasteiger partial charge in [0.2, 0.25) is 5.91 Å². The average Bonchev–Trinajstić information content (AvgIpc) is 2.69. The normalized spacial score (nSPS) is 10.5. The number of nitrogens with two attached hydrogens (primary N) is 1. The van der Waals surface area contributed by atoms with Crippen LogP contribution in [0.1, 0.15) is 22.5 Å². The Hall–Kier alpha value is -3.54. The number of aryl methyl sites for hydroxylation is 1. The van der Waals surface area contributed by atoms with Crippen molar-refractivity contribution in [3.05, 3.63) is 83.8 Å². The molecule has 28 heavy (non-hydrogen) atoms. The van der Waals surface area contributed by atoms with Crippen molar-refractivity contribution >= 4 is 17.5 Å². The summed E-state index contributed by atoms with van der Waals surface area (Å²) in [6.45, 7) is 1.86. The van der Waals surface area contributed by atoms with E-state index in [9.17, 15) is 14.0 Å². The van der Waals surface area contributed by atoms with Crippen molar-refractivity contribution in [2.45, 2.75) is 13.3 Å². The molecule has 142 valence electrons. The number of halogens is 1. The summed E-state index contributed by atoms with van der Waals surface area (Å²) in [4.78, 5) is 30.3. The van der Waals surface area contributed by atoms with Crippen LogP contribution in [-0.4, -0.2) is 23.3 Å². The molecule has 0 aliphatic rings. The average molecular weight is 377 g/mol. The van der Waals surface area contributed by atoms with Gasteiger partial charge in [0.05, 0.1) is 17.0 Å². The van der Waals surface area contributed by atoms with Gasteiger partial charge < -0.3 is 10.6 Å². The molecule has 0 radical (unpaired) electrons. The molecule has 0 atom stereocenters. The van der Waals surface area contributed by atoms with E-state index in [-0.39, 0.29) is 18.9 Å². The molecule has 1 aromatic heterocycles. The van der Waals surface area contributed by atoms with E-state index in [1.54, 1.807) is 19.1 Å². The number of nitrogens with zero attached hydrogens (tertiary/aromatic N) is 2. The van der Waals surface area contributed by atoms with Crippen molar-refractivity contribution in [1.82, 2.24) is 4.98 Å². The second-order valence-corrected chi connectivity index (χ2v) is 6.35. The van der Waals surface area contributed by atoms with Gasteiger partial charge in [-0.2, -0.15) is 0 Å². The quantitative estimate of drug-likeness (QED) is 0.711. The van der Waals surface area contributed by atoms with Crippen molar-refractivity contribution < 1.29 is 14.0 Å². The maximum Gasteiger partial charge on any atom is 0.260 e. The van der Waals surface area contributed by atoms with Gasteiger partial charge in [-0.05, 0) is 43.3 Å². The van der Waals surface area contributed by atoms with E-state index >= 15 is 0 Å². The molecule has 3 aromatic rings. The highest BCUT2D eigenvalue weighted by Gasteiger charge is 2.21. The molecule has 2 aromatic carbocycles. The summed E-state index contributed by atoms with van der Waals surface area (Å²) in [7, 11) is 0. The predicted octanol–water partition coefficient (Wildman–Crippen LogP) is 3.72. The Morgan fingerprint density at radius 3 is 2.29 bits per heavy atom. The van der Waals surface area contributed by atoms with Gasteiger partial charge in [0, 0.05) is 24.2 Å². The Bertz CT molecular complexity index is 988. The summed E-state index contributed by atoms with van der Waals surface area (Å²) < 4.78 is 13.3. The Morgan fingerprint density at radius 2 is 1.68 bits per heavy atom. The number of pyridine rings is 1. The third-order valence-electron chi connectivity index (χ3n) is 4.35. The van der Waals surface area contributed by atoms with Gasteiger partial charge in [-0.25, -0.2) is 4.39 Å². The first-order valence-electron chi connectivity index (χ1n) is 8.84. The molecule has 0 spiro atoms. The van der Waals surface area contributed by atoms with Gasteiger partial charge >= 0.3 is 0 Å². The molecule has 0 bridgehead atoms.